The van der Waals surface area contributed by atoms with Gasteiger partial charge in [0.1, 0.15) is 23.1 Å². The van der Waals surface area contributed by atoms with Crippen LogP contribution in [0.25, 0.3) is 0 Å². The van der Waals surface area contributed by atoms with E-state index in [9.17, 15) is 14.0 Å². The van der Waals surface area contributed by atoms with Crippen LogP contribution in [0.1, 0.15) is 35.7 Å². The van der Waals surface area contributed by atoms with Gasteiger partial charge in [0.15, 0.2) is 6.61 Å². The second-order valence-electron chi connectivity index (χ2n) is 7.19. The van der Waals surface area contributed by atoms with Crippen molar-refractivity contribution in [3.63, 3.8) is 0 Å². The molecule has 0 saturated carbocycles. The molecule has 0 aromatic heterocycles. The molecule has 0 aliphatic heterocycles. The zero-order valence-electron chi connectivity index (χ0n) is 18.7. The van der Waals surface area contributed by atoms with Crippen molar-refractivity contribution in [3.8, 4) is 17.2 Å². The Balaban J connectivity index is 1.41. The van der Waals surface area contributed by atoms with Crippen LogP contribution in [0.5, 0.6) is 17.2 Å². The van der Waals surface area contributed by atoms with Crippen molar-refractivity contribution >= 4 is 18.1 Å². The molecule has 0 fully saturated rings. The van der Waals surface area contributed by atoms with Gasteiger partial charge < -0.3 is 14.2 Å². The lowest BCUT2D eigenvalue weighted by Crippen LogP contribution is -2.24. The average Bonchev–Trinajstić information content (AvgIpc) is 2.85. The molecule has 1 N–H and O–H groups in total. The summed E-state index contributed by atoms with van der Waals surface area (Å²) >= 11 is 0. The number of ether oxygens (including phenoxy) is 3. The van der Waals surface area contributed by atoms with E-state index in [-0.39, 0.29) is 17.9 Å². The van der Waals surface area contributed by atoms with E-state index in [0.29, 0.717) is 17.9 Å². The average molecular weight is 464 g/mol. The van der Waals surface area contributed by atoms with E-state index < -0.39 is 17.7 Å². The van der Waals surface area contributed by atoms with Crippen LogP contribution < -0.4 is 19.6 Å². The number of benzene rings is 3. The maximum absolute atomic E-state index is 13.7. The summed E-state index contributed by atoms with van der Waals surface area (Å²) in [6.07, 6.45) is 3.49. The van der Waals surface area contributed by atoms with Crippen LogP contribution in [-0.4, -0.2) is 31.3 Å². The first-order chi connectivity index (χ1) is 16.5. The van der Waals surface area contributed by atoms with Crippen molar-refractivity contribution < 1.29 is 28.2 Å². The van der Waals surface area contributed by atoms with Crippen LogP contribution in [-0.2, 0) is 4.79 Å². The van der Waals surface area contributed by atoms with E-state index in [2.05, 4.69) is 17.5 Å². The summed E-state index contributed by atoms with van der Waals surface area (Å²) in [5.74, 6) is -0.306. The maximum Gasteiger partial charge on any atom is 0.346 e. The van der Waals surface area contributed by atoms with E-state index >= 15 is 0 Å². The monoisotopic (exact) mass is 464 g/mol. The minimum atomic E-state index is -0.787. The fraction of sp³-hybridized carbons (Fsp3) is 0.192. The first kappa shape index (κ1) is 24.4. The highest BCUT2D eigenvalue weighted by molar-refractivity contribution is 5.91. The number of nitrogens with zero attached hydrogens (tertiary/aromatic N) is 1. The van der Waals surface area contributed by atoms with Gasteiger partial charge in [0.25, 0.3) is 5.91 Å². The van der Waals surface area contributed by atoms with E-state index in [1.54, 1.807) is 54.6 Å². The highest BCUT2D eigenvalue weighted by Crippen LogP contribution is 2.18. The Kier molecular flexibility index (Phi) is 9.16. The van der Waals surface area contributed by atoms with Gasteiger partial charge in [-0.3, -0.25) is 4.79 Å². The van der Waals surface area contributed by atoms with Gasteiger partial charge in [0, 0.05) is 0 Å². The normalized spacial score (nSPS) is 10.6. The van der Waals surface area contributed by atoms with Crippen LogP contribution in [0.3, 0.4) is 0 Å². The molecule has 0 radical (unpaired) electrons. The molecule has 176 valence electrons. The number of unbranched alkanes of at least 4 members (excludes halogenated alkanes) is 1. The Morgan fingerprint density at radius 1 is 0.912 bits per heavy atom. The number of hydrogen-bond donors (Lipinski definition) is 1. The van der Waals surface area contributed by atoms with Gasteiger partial charge in [-0.2, -0.15) is 5.10 Å². The zero-order chi connectivity index (χ0) is 24.2. The van der Waals surface area contributed by atoms with Crippen LogP contribution in [0.2, 0.25) is 0 Å². The van der Waals surface area contributed by atoms with Crippen molar-refractivity contribution in [2.45, 2.75) is 19.8 Å². The van der Waals surface area contributed by atoms with Crippen molar-refractivity contribution in [3.05, 3.63) is 89.7 Å². The molecule has 3 aromatic rings. The molecule has 0 heterocycles. The predicted molar refractivity (Wildman–Crippen MR) is 126 cm³/mol. The molecule has 0 unspecified atom stereocenters. The van der Waals surface area contributed by atoms with Gasteiger partial charge in [0.2, 0.25) is 0 Å². The second kappa shape index (κ2) is 12.7. The summed E-state index contributed by atoms with van der Waals surface area (Å²) in [4.78, 5) is 24.0. The molecule has 0 spiro atoms. The van der Waals surface area contributed by atoms with Crippen molar-refractivity contribution in [1.29, 1.82) is 0 Å². The fourth-order valence-corrected chi connectivity index (χ4v) is 2.74. The molecule has 3 aromatic carbocycles. The van der Waals surface area contributed by atoms with Gasteiger partial charge in [0.05, 0.1) is 18.4 Å². The van der Waals surface area contributed by atoms with E-state index in [1.807, 2.05) is 0 Å². The first-order valence-electron chi connectivity index (χ1n) is 10.8. The molecule has 34 heavy (non-hydrogen) atoms. The van der Waals surface area contributed by atoms with Gasteiger partial charge in [-0.15, -0.1) is 0 Å². The quantitative estimate of drug-likeness (QED) is 0.145. The van der Waals surface area contributed by atoms with Gasteiger partial charge in [-0.25, -0.2) is 14.6 Å². The summed E-state index contributed by atoms with van der Waals surface area (Å²) in [5, 5.41) is 3.88. The molecule has 7 nitrogen and oxygen atoms in total. The van der Waals surface area contributed by atoms with Gasteiger partial charge in [-0.1, -0.05) is 25.5 Å². The lowest BCUT2D eigenvalue weighted by molar-refractivity contribution is -0.123. The molecule has 1 amide bonds. The van der Waals surface area contributed by atoms with Crippen LogP contribution in [0.15, 0.2) is 77.9 Å². The smallest absolute Gasteiger partial charge is 0.346 e. The summed E-state index contributed by atoms with van der Waals surface area (Å²) in [7, 11) is 0. The van der Waals surface area contributed by atoms with E-state index in [4.69, 9.17) is 14.2 Å². The molecule has 0 aliphatic rings. The Labute approximate surface area is 197 Å². The molecule has 0 atom stereocenters. The number of hydrogen-bond acceptors (Lipinski definition) is 6. The summed E-state index contributed by atoms with van der Waals surface area (Å²) in [6, 6.07) is 19.0. The third kappa shape index (κ3) is 7.74. The summed E-state index contributed by atoms with van der Waals surface area (Å²) < 4.78 is 29.8. The third-order valence-electron chi connectivity index (χ3n) is 4.55. The Bertz CT molecular complexity index is 1110. The molecule has 0 bridgehead atoms. The highest BCUT2D eigenvalue weighted by Gasteiger charge is 2.13. The topological polar surface area (TPSA) is 86.2 Å². The number of amides is 1. The molecule has 8 heteroatoms. The second-order valence-corrected chi connectivity index (χ2v) is 7.19. The Morgan fingerprint density at radius 2 is 1.56 bits per heavy atom. The Hall–Kier alpha value is -4.20. The lowest BCUT2D eigenvalue weighted by Gasteiger charge is -2.08. The van der Waals surface area contributed by atoms with Crippen LogP contribution in [0, 0.1) is 5.82 Å². The van der Waals surface area contributed by atoms with Gasteiger partial charge >= 0.3 is 5.97 Å². The highest BCUT2D eigenvalue weighted by atomic mass is 19.1. The van der Waals surface area contributed by atoms with Crippen LogP contribution >= 0.6 is 0 Å². The molecule has 3 rings (SSSR count). The van der Waals surface area contributed by atoms with E-state index in [1.165, 1.54) is 24.4 Å². The largest absolute Gasteiger partial charge is 0.494 e. The third-order valence-corrected chi connectivity index (χ3v) is 4.55. The van der Waals surface area contributed by atoms with Crippen molar-refractivity contribution in [2.75, 3.05) is 13.2 Å². The number of hydrazone groups is 1. The zero-order valence-corrected chi connectivity index (χ0v) is 18.7. The molecule has 0 saturated heterocycles. The summed E-state index contributed by atoms with van der Waals surface area (Å²) in [5.41, 5.74) is 2.89. The number of carbonyl (C=O) groups excluding carboxylic acids is 2. The standard InChI is InChI=1S/C26H25FN2O5/c1-2-3-16-32-20-12-14-21(15-13-20)33-18-25(30)29-28-17-19-8-10-22(11-9-19)34-26(31)23-6-4-5-7-24(23)27/h4-15,17H,2-3,16,18H2,1H3,(H,29,30). The summed E-state index contributed by atoms with van der Waals surface area (Å²) in [6.45, 7) is 2.57. The van der Waals surface area contributed by atoms with Crippen molar-refractivity contribution in [1.82, 2.24) is 5.43 Å². The number of esters is 1. The first-order valence-corrected chi connectivity index (χ1v) is 10.8. The number of nitrogens with one attached hydrogen (secondary N) is 1. The SMILES string of the molecule is CCCCOc1ccc(OCC(=O)NN=Cc2ccc(OC(=O)c3ccccc3F)cc2)cc1. The van der Waals surface area contributed by atoms with Crippen molar-refractivity contribution in [2.24, 2.45) is 5.10 Å². The van der Waals surface area contributed by atoms with Crippen LogP contribution in [0.4, 0.5) is 4.39 Å². The molecular weight excluding hydrogens is 439 g/mol. The van der Waals surface area contributed by atoms with E-state index in [0.717, 1.165) is 18.6 Å². The lowest BCUT2D eigenvalue weighted by atomic mass is 10.2. The minimum Gasteiger partial charge on any atom is -0.494 e. The number of rotatable bonds is 11. The molecule has 0 aliphatic carbocycles. The van der Waals surface area contributed by atoms with Gasteiger partial charge in [-0.05, 0) is 72.6 Å². The maximum atomic E-state index is 13.7. The number of halogens is 1. The fourth-order valence-electron chi connectivity index (χ4n) is 2.74. The Morgan fingerprint density at radius 3 is 2.24 bits per heavy atom. The molecular formula is C26H25FN2O5. The number of carbonyl (C=O) groups is 2. The predicted octanol–water partition coefficient (Wildman–Crippen LogP) is 4.75. The minimum absolute atomic E-state index is 0.144.